The van der Waals surface area contributed by atoms with Crippen molar-refractivity contribution in [1.29, 1.82) is 0 Å². The first-order valence-electron chi connectivity index (χ1n) is 8.74. The summed E-state index contributed by atoms with van der Waals surface area (Å²) in [6.07, 6.45) is 4.42. The van der Waals surface area contributed by atoms with E-state index in [-0.39, 0.29) is 12.5 Å². The summed E-state index contributed by atoms with van der Waals surface area (Å²) < 4.78 is 30.5. The van der Waals surface area contributed by atoms with Gasteiger partial charge in [-0.3, -0.25) is 4.57 Å². The van der Waals surface area contributed by atoms with E-state index < -0.39 is 7.60 Å². The molecule has 2 rings (SSSR count). The Kier molecular flexibility index (Phi) is 7.85. The van der Waals surface area contributed by atoms with E-state index in [0.29, 0.717) is 36.7 Å². The number of fused-ring (bicyclic) bond motifs is 1. The van der Waals surface area contributed by atoms with Crippen molar-refractivity contribution in [2.45, 2.75) is 33.4 Å². The van der Waals surface area contributed by atoms with Crippen LogP contribution in [-0.4, -0.2) is 70.5 Å². The van der Waals surface area contributed by atoms with Crippen LogP contribution in [0, 0.1) is 0 Å². The fourth-order valence-corrected chi connectivity index (χ4v) is 3.77. The Bertz CT molecular complexity index is 799. The van der Waals surface area contributed by atoms with Crippen LogP contribution in [0.1, 0.15) is 20.8 Å². The lowest BCUT2D eigenvalue weighted by Crippen LogP contribution is -2.18. The molecule has 0 unspecified atom stereocenters. The molecule has 0 N–H and O–H groups in total. The van der Waals surface area contributed by atoms with Crippen molar-refractivity contribution >= 4 is 30.9 Å². The van der Waals surface area contributed by atoms with Crippen molar-refractivity contribution in [3.63, 3.8) is 0 Å². The molecule has 27 heavy (non-hydrogen) atoms. The van der Waals surface area contributed by atoms with Crippen LogP contribution in [0.5, 0.6) is 0 Å². The summed E-state index contributed by atoms with van der Waals surface area (Å²) in [7, 11) is 0.521. The van der Waals surface area contributed by atoms with E-state index in [1.165, 1.54) is 6.33 Å². The molecule has 0 saturated heterocycles. The lowest BCUT2D eigenvalue weighted by atomic mass is 10.4. The lowest BCUT2D eigenvalue weighted by Gasteiger charge is -2.20. The first-order chi connectivity index (χ1) is 12.9. The zero-order chi connectivity index (χ0) is 19.9. The zero-order valence-corrected chi connectivity index (χ0v) is 17.3. The minimum atomic E-state index is -3.23. The molecule has 0 radical (unpaired) electrons. The first kappa shape index (κ1) is 21.4. The number of aromatic nitrogens is 4. The maximum atomic E-state index is 12.5. The van der Waals surface area contributed by atoms with Crippen molar-refractivity contribution in [2.75, 3.05) is 33.7 Å². The van der Waals surface area contributed by atoms with Crippen LogP contribution in [0.25, 0.3) is 11.2 Å². The molecule has 0 saturated carbocycles. The van der Waals surface area contributed by atoms with Gasteiger partial charge < -0.3 is 23.3 Å². The molecular formula is C16H27N6O4P. The van der Waals surface area contributed by atoms with Gasteiger partial charge in [-0.2, -0.15) is 0 Å². The summed E-state index contributed by atoms with van der Waals surface area (Å²) in [5.41, 5.74) is 1.27. The van der Waals surface area contributed by atoms with Crippen LogP contribution in [0.2, 0.25) is 0 Å². The van der Waals surface area contributed by atoms with Crippen molar-refractivity contribution < 1.29 is 18.3 Å². The van der Waals surface area contributed by atoms with Gasteiger partial charge in [-0.15, -0.1) is 0 Å². The van der Waals surface area contributed by atoms with Gasteiger partial charge in [0.15, 0.2) is 17.0 Å². The van der Waals surface area contributed by atoms with E-state index in [1.54, 1.807) is 26.5 Å². The van der Waals surface area contributed by atoms with Crippen molar-refractivity contribution in [2.24, 2.45) is 4.99 Å². The molecule has 0 amide bonds. The number of hydrogen-bond donors (Lipinski definition) is 0. The highest BCUT2D eigenvalue weighted by Crippen LogP contribution is 2.48. The fraction of sp³-hybridized carbons (Fsp3) is 0.625. The highest BCUT2D eigenvalue weighted by molar-refractivity contribution is 7.53. The molecule has 0 aromatic carbocycles. The van der Waals surface area contributed by atoms with E-state index in [0.717, 1.165) is 0 Å². The molecule has 0 aliphatic carbocycles. The maximum Gasteiger partial charge on any atom is 0.356 e. The number of nitrogens with zero attached hydrogens (tertiary/aromatic N) is 6. The largest absolute Gasteiger partial charge is 0.369 e. The number of aliphatic imine (C=N–C) groups is 1. The van der Waals surface area contributed by atoms with Crippen molar-refractivity contribution in [1.82, 2.24) is 24.4 Å². The van der Waals surface area contributed by atoms with Gasteiger partial charge in [-0.1, -0.05) is 0 Å². The quantitative estimate of drug-likeness (QED) is 0.323. The topological polar surface area (TPSA) is 104 Å². The van der Waals surface area contributed by atoms with Gasteiger partial charge in [0.05, 0.1) is 38.5 Å². The Morgan fingerprint density at radius 3 is 2.59 bits per heavy atom. The monoisotopic (exact) mass is 398 g/mol. The van der Waals surface area contributed by atoms with Gasteiger partial charge in [0.2, 0.25) is 0 Å². The molecule has 0 aliphatic heterocycles. The predicted molar refractivity (Wildman–Crippen MR) is 103 cm³/mol. The molecule has 2 aromatic rings. The standard InChI is InChI=1S/C16H27N6O4P/c1-6-25-27(23,26-7-2)12-24-13(3)8-22-11-19-14-15(20-10-21(4)5)17-9-18-16(14)22/h9-11,13H,6-8,12H2,1-5H3/t13-/m0/s1. The van der Waals surface area contributed by atoms with E-state index in [1.807, 2.05) is 30.5 Å². The SMILES string of the molecule is CCOP(=O)(CO[C@@H](C)Cn1cnc2c(N=CN(C)C)ncnc21)OCC. The summed E-state index contributed by atoms with van der Waals surface area (Å²) in [6.45, 7) is 6.48. The Morgan fingerprint density at radius 2 is 1.96 bits per heavy atom. The van der Waals surface area contributed by atoms with Crippen LogP contribution >= 0.6 is 7.60 Å². The Hall–Kier alpha value is -1.87. The maximum absolute atomic E-state index is 12.5. The highest BCUT2D eigenvalue weighted by atomic mass is 31.2. The van der Waals surface area contributed by atoms with Crippen molar-refractivity contribution in [3.8, 4) is 0 Å². The molecule has 2 aromatic heterocycles. The average Bonchev–Trinajstić information content (AvgIpc) is 3.02. The molecule has 0 fully saturated rings. The molecular weight excluding hydrogens is 371 g/mol. The van der Waals surface area contributed by atoms with Crippen molar-refractivity contribution in [3.05, 3.63) is 12.7 Å². The van der Waals surface area contributed by atoms with Gasteiger partial charge in [0, 0.05) is 14.1 Å². The third-order valence-electron chi connectivity index (χ3n) is 3.42. The number of ether oxygens (including phenoxy) is 1. The molecule has 150 valence electrons. The zero-order valence-electron chi connectivity index (χ0n) is 16.4. The molecule has 0 aliphatic rings. The second-order valence-corrected chi connectivity index (χ2v) is 8.02. The summed E-state index contributed by atoms with van der Waals surface area (Å²) in [4.78, 5) is 18.9. The van der Waals surface area contributed by atoms with Gasteiger partial charge >= 0.3 is 7.60 Å². The first-order valence-corrected chi connectivity index (χ1v) is 10.5. The van der Waals surface area contributed by atoms with Crippen LogP contribution in [0.3, 0.4) is 0 Å². The second kappa shape index (κ2) is 9.89. The highest BCUT2D eigenvalue weighted by Gasteiger charge is 2.25. The van der Waals surface area contributed by atoms with Crippen LogP contribution in [-0.2, 0) is 24.9 Å². The Balaban J connectivity index is 2.08. The lowest BCUT2D eigenvalue weighted by molar-refractivity contribution is 0.0672. The van der Waals surface area contributed by atoms with E-state index in [2.05, 4.69) is 19.9 Å². The van der Waals surface area contributed by atoms with E-state index in [9.17, 15) is 4.57 Å². The molecule has 2 heterocycles. The van der Waals surface area contributed by atoms with Gasteiger partial charge in [0.1, 0.15) is 12.7 Å². The average molecular weight is 398 g/mol. The smallest absolute Gasteiger partial charge is 0.356 e. The molecule has 1 atom stereocenters. The fourth-order valence-electron chi connectivity index (χ4n) is 2.32. The molecule has 0 bridgehead atoms. The van der Waals surface area contributed by atoms with E-state index >= 15 is 0 Å². The third kappa shape index (κ3) is 6.07. The molecule has 0 spiro atoms. The Morgan fingerprint density at radius 1 is 1.26 bits per heavy atom. The van der Waals surface area contributed by atoms with Crippen LogP contribution < -0.4 is 0 Å². The van der Waals surface area contributed by atoms with Gasteiger partial charge in [-0.05, 0) is 20.8 Å². The number of imidazole rings is 1. The number of hydrogen-bond acceptors (Lipinski definition) is 8. The van der Waals surface area contributed by atoms with Crippen LogP contribution in [0.4, 0.5) is 5.82 Å². The third-order valence-corrected chi connectivity index (χ3v) is 5.18. The van der Waals surface area contributed by atoms with Crippen LogP contribution in [0.15, 0.2) is 17.6 Å². The predicted octanol–water partition coefficient (Wildman–Crippen LogP) is 2.68. The molecule has 10 nitrogen and oxygen atoms in total. The molecule has 11 heteroatoms. The summed E-state index contributed by atoms with van der Waals surface area (Å²) >= 11 is 0. The van der Waals surface area contributed by atoms with Gasteiger partial charge in [0.25, 0.3) is 0 Å². The minimum Gasteiger partial charge on any atom is -0.369 e. The number of rotatable bonds is 11. The summed E-state index contributed by atoms with van der Waals surface area (Å²) in [5.74, 6) is 0.498. The minimum absolute atomic E-state index is 0.101. The van der Waals surface area contributed by atoms with Gasteiger partial charge in [-0.25, -0.2) is 19.9 Å². The normalized spacial score (nSPS) is 13.5. The summed E-state index contributed by atoms with van der Waals surface area (Å²) in [6, 6.07) is 0. The second-order valence-electron chi connectivity index (χ2n) is 6.03. The Labute approximate surface area is 159 Å². The summed E-state index contributed by atoms with van der Waals surface area (Å²) in [5, 5.41) is 0. The van der Waals surface area contributed by atoms with E-state index in [4.69, 9.17) is 13.8 Å².